The summed E-state index contributed by atoms with van der Waals surface area (Å²) in [6.45, 7) is 2.00. The van der Waals surface area contributed by atoms with Gasteiger partial charge in [0.25, 0.3) is 5.91 Å². The van der Waals surface area contributed by atoms with Crippen molar-refractivity contribution in [1.82, 2.24) is 4.57 Å². The van der Waals surface area contributed by atoms with E-state index >= 15 is 0 Å². The first-order valence-corrected chi connectivity index (χ1v) is 7.80. The molecule has 24 heavy (non-hydrogen) atoms. The second-order valence-corrected chi connectivity index (χ2v) is 6.11. The molecule has 120 valence electrons. The van der Waals surface area contributed by atoms with Crippen LogP contribution in [0.15, 0.2) is 48.7 Å². The van der Waals surface area contributed by atoms with Crippen molar-refractivity contribution in [3.63, 3.8) is 0 Å². The van der Waals surface area contributed by atoms with Crippen molar-refractivity contribution in [3.8, 4) is 0 Å². The second-order valence-electron chi connectivity index (χ2n) is 6.11. The summed E-state index contributed by atoms with van der Waals surface area (Å²) in [4.78, 5) is 25.8. The minimum atomic E-state index is -0.147. The summed E-state index contributed by atoms with van der Waals surface area (Å²) >= 11 is 0. The molecular weight excluding hydrogens is 302 g/mol. The van der Waals surface area contributed by atoms with Gasteiger partial charge in [-0.3, -0.25) is 9.59 Å². The number of hydrogen-bond acceptors (Lipinski definition) is 2. The van der Waals surface area contributed by atoms with Crippen LogP contribution in [0.1, 0.15) is 22.8 Å². The fourth-order valence-electron chi connectivity index (χ4n) is 3.21. The Bertz CT molecular complexity index is 987. The maximum absolute atomic E-state index is 12.8. The number of aryl methyl sites for hydroxylation is 1. The van der Waals surface area contributed by atoms with Crippen molar-refractivity contribution in [1.29, 1.82) is 0 Å². The predicted molar refractivity (Wildman–Crippen MR) is 94.2 cm³/mol. The van der Waals surface area contributed by atoms with E-state index in [-0.39, 0.29) is 11.8 Å². The van der Waals surface area contributed by atoms with Gasteiger partial charge in [0.15, 0.2) is 0 Å². The lowest BCUT2D eigenvalue weighted by atomic mass is 10.1. The SMILES string of the molecule is CC(=O)Nc1ccc2c(c1)C(=O)N(c1ccc3ccn(C)c3c1)C2. The van der Waals surface area contributed by atoms with Crippen molar-refractivity contribution in [2.24, 2.45) is 7.05 Å². The van der Waals surface area contributed by atoms with Crippen LogP contribution >= 0.6 is 0 Å². The van der Waals surface area contributed by atoms with Crippen LogP contribution in [0.4, 0.5) is 11.4 Å². The summed E-state index contributed by atoms with van der Waals surface area (Å²) in [6.07, 6.45) is 2.01. The first-order chi connectivity index (χ1) is 11.5. The van der Waals surface area contributed by atoms with E-state index in [1.807, 2.05) is 48.1 Å². The number of nitrogens with zero attached hydrogens (tertiary/aromatic N) is 2. The molecule has 0 spiro atoms. The quantitative estimate of drug-likeness (QED) is 0.788. The standard InChI is InChI=1S/C19H17N3O2/c1-12(23)20-15-5-3-14-11-22(19(24)17(14)9-15)16-6-4-13-7-8-21(2)18(13)10-16/h3-10H,11H2,1-2H3,(H,20,23). The predicted octanol–water partition coefficient (Wildman–Crippen LogP) is 3.30. The van der Waals surface area contributed by atoms with Crippen LogP contribution in [-0.4, -0.2) is 16.4 Å². The van der Waals surface area contributed by atoms with Crippen LogP contribution < -0.4 is 10.2 Å². The molecule has 0 fully saturated rings. The first-order valence-electron chi connectivity index (χ1n) is 7.80. The Kier molecular flexibility index (Phi) is 3.16. The fourth-order valence-corrected chi connectivity index (χ4v) is 3.21. The van der Waals surface area contributed by atoms with E-state index in [2.05, 4.69) is 11.4 Å². The van der Waals surface area contributed by atoms with Gasteiger partial charge in [-0.1, -0.05) is 12.1 Å². The summed E-state index contributed by atoms with van der Waals surface area (Å²) in [5, 5.41) is 3.88. The van der Waals surface area contributed by atoms with Crippen LogP contribution in [0.25, 0.3) is 10.9 Å². The average Bonchev–Trinajstić information content (AvgIpc) is 3.08. The maximum atomic E-state index is 12.8. The molecule has 1 aromatic heterocycles. The van der Waals surface area contributed by atoms with Gasteiger partial charge in [0, 0.05) is 42.6 Å². The summed E-state index contributed by atoms with van der Waals surface area (Å²) in [5.74, 6) is -0.183. The minimum absolute atomic E-state index is 0.0363. The molecule has 0 radical (unpaired) electrons. The van der Waals surface area contributed by atoms with E-state index in [1.54, 1.807) is 11.0 Å². The van der Waals surface area contributed by atoms with Gasteiger partial charge in [-0.25, -0.2) is 0 Å². The highest BCUT2D eigenvalue weighted by Gasteiger charge is 2.29. The molecule has 3 aromatic rings. The molecule has 2 aromatic carbocycles. The van der Waals surface area contributed by atoms with E-state index in [0.29, 0.717) is 17.8 Å². The minimum Gasteiger partial charge on any atom is -0.350 e. The Hall–Kier alpha value is -3.08. The van der Waals surface area contributed by atoms with Gasteiger partial charge in [-0.05, 0) is 41.3 Å². The average molecular weight is 319 g/mol. The molecule has 2 heterocycles. The molecule has 1 aliphatic heterocycles. The molecular formula is C19H17N3O2. The van der Waals surface area contributed by atoms with Crippen molar-refractivity contribution >= 4 is 34.1 Å². The lowest BCUT2D eigenvalue weighted by molar-refractivity contribution is -0.114. The van der Waals surface area contributed by atoms with E-state index in [4.69, 9.17) is 0 Å². The number of hydrogen-bond donors (Lipinski definition) is 1. The monoisotopic (exact) mass is 319 g/mol. The molecule has 0 saturated heterocycles. The van der Waals surface area contributed by atoms with Gasteiger partial charge < -0.3 is 14.8 Å². The third kappa shape index (κ3) is 2.25. The Morgan fingerprint density at radius 2 is 1.96 bits per heavy atom. The van der Waals surface area contributed by atoms with Gasteiger partial charge in [0.2, 0.25) is 5.91 Å². The topological polar surface area (TPSA) is 54.3 Å². The smallest absolute Gasteiger partial charge is 0.259 e. The van der Waals surface area contributed by atoms with E-state index in [0.717, 1.165) is 22.2 Å². The maximum Gasteiger partial charge on any atom is 0.259 e. The third-order valence-corrected chi connectivity index (χ3v) is 4.42. The molecule has 0 aliphatic carbocycles. The van der Waals surface area contributed by atoms with Crippen molar-refractivity contribution < 1.29 is 9.59 Å². The molecule has 5 nitrogen and oxygen atoms in total. The van der Waals surface area contributed by atoms with E-state index < -0.39 is 0 Å². The van der Waals surface area contributed by atoms with Crippen LogP contribution in [0.2, 0.25) is 0 Å². The number of benzene rings is 2. The Labute approximate surface area is 139 Å². The molecule has 2 amide bonds. The number of amides is 2. The number of nitrogens with one attached hydrogen (secondary N) is 1. The summed E-state index contributed by atoms with van der Waals surface area (Å²) in [6, 6.07) is 13.6. The lowest BCUT2D eigenvalue weighted by Gasteiger charge is -2.16. The number of anilines is 2. The molecule has 4 rings (SSSR count). The number of fused-ring (bicyclic) bond motifs is 2. The van der Waals surface area contributed by atoms with Gasteiger partial charge >= 0.3 is 0 Å². The zero-order valence-electron chi connectivity index (χ0n) is 13.5. The summed E-state index contributed by atoms with van der Waals surface area (Å²) in [5.41, 5.74) is 4.24. The van der Waals surface area contributed by atoms with E-state index in [1.165, 1.54) is 6.92 Å². The molecule has 1 N–H and O–H groups in total. The number of carbonyl (C=O) groups excluding carboxylic acids is 2. The lowest BCUT2D eigenvalue weighted by Crippen LogP contribution is -2.22. The molecule has 1 aliphatic rings. The van der Waals surface area contributed by atoms with Crippen LogP contribution in [0.3, 0.4) is 0 Å². The first kappa shape index (κ1) is 14.5. The van der Waals surface area contributed by atoms with Crippen molar-refractivity contribution in [2.45, 2.75) is 13.5 Å². The van der Waals surface area contributed by atoms with Gasteiger partial charge in [-0.2, -0.15) is 0 Å². The normalized spacial score (nSPS) is 13.4. The Balaban J connectivity index is 1.71. The Morgan fingerprint density at radius 3 is 2.75 bits per heavy atom. The molecule has 0 atom stereocenters. The summed E-state index contributed by atoms with van der Waals surface area (Å²) in [7, 11) is 1.99. The largest absolute Gasteiger partial charge is 0.350 e. The van der Waals surface area contributed by atoms with Crippen molar-refractivity contribution in [2.75, 3.05) is 10.2 Å². The van der Waals surface area contributed by atoms with Crippen LogP contribution in [-0.2, 0) is 18.4 Å². The number of carbonyl (C=O) groups is 2. The highest BCUT2D eigenvalue weighted by Crippen LogP contribution is 2.32. The number of rotatable bonds is 2. The Morgan fingerprint density at radius 1 is 1.12 bits per heavy atom. The molecule has 0 saturated carbocycles. The second kappa shape index (κ2) is 5.23. The zero-order valence-corrected chi connectivity index (χ0v) is 13.5. The third-order valence-electron chi connectivity index (χ3n) is 4.42. The van der Waals surface area contributed by atoms with Crippen LogP contribution in [0, 0.1) is 0 Å². The van der Waals surface area contributed by atoms with Gasteiger partial charge in [0.05, 0.1) is 6.54 Å². The molecule has 0 unspecified atom stereocenters. The highest BCUT2D eigenvalue weighted by molar-refractivity contribution is 6.11. The fraction of sp³-hybridized carbons (Fsp3) is 0.158. The highest BCUT2D eigenvalue weighted by atomic mass is 16.2. The summed E-state index contributed by atoms with van der Waals surface area (Å²) < 4.78 is 2.04. The zero-order chi connectivity index (χ0) is 16.8. The van der Waals surface area contributed by atoms with E-state index in [9.17, 15) is 9.59 Å². The van der Waals surface area contributed by atoms with Gasteiger partial charge in [0.1, 0.15) is 0 Å². The van der Waals surface area contributed by atoms with Crippen LogP contribution in [0.5, 0.6) is 0 Å². The van der Waals surface area contributed by atoms with Gasteiger partial charge in [-0.15, -0.1) is 0 Å². The van der Waals surface area contributed by atoms with Crippen molar-refractivity contribution in [3.05, 3.63) is 59.8 Å². The molecule has 5 heteroatoms. The number of aromatic nitrogens is 1. The molecule has 0 bridgehead atoms.